The van der Waals surface area contributed by atoms with Crippen molar-refractivity contribution in [2.24, 2.45) is 0 Å². The number of aryl methyl sites for hydroxylation is 2. The van der Waals surface area contributed by atoms with Gasteiger partial charge in [-0.05, 0) is 73.2 Å². The lowest BCUT2D eigenvalue weighted by Crippen LogP contribution is -2.23. The molecule has 1 saturated heterocycles. The molecule has 1 N–H and O–H groups in total. The molecule has 0 unspecified atom stereocenters. The Kier molecular flexibility index (Phi) is 6.45. The summed E-state index contributed by atoms with van der Waals surface area (Å²) in [5, 5.41) is 3.08. The van der Waals surface area contributed by atoms with E-state index in [0.29, 0.717) is 6.54 Å². The number of nitrogens with one attached hydrogen (secondary N) is 1. The van der Waals surface area contributed by atoms with Crippen molar-refractivity contribution in [1.29, 1.82) is 0 Å². The van der Waals surface area contributed by atoms with Crippen LogP contribution in [0.25, 0.3) is 0 Å². The first-order chi connectivity index (χ1) is 12.7. The maximum atomic E-state index is 12.5. The van der Waals surface area contributed by atoms with Crippen LogP contribution in [0.4, 0.5) is 0 Å². The molecule has 0 aliphatic carbocycles. The van der Waals surface area contributed by atoms with Gasteiger partial charge in [0.25, 0.3) is 5.91 Å². The molecule has 2 aromatic carbocycles. The fourth-order valence-electron chi connectivity index (χ4n) is 3.65. The Bertz CT molecular complexity index is 730. The van der Waals surface area contributed by atoms with Crippen LogP contribution in [0, 0.1) is 0 Å². The average molecular weight is 351 g/mol. The molecule has 1 heterocycles. The fourth-order valence-corrected chi connectivity index (χ4v) is 3.65. The Hall–Kier alpha value is -2.13. The van der Waals surface area contributed by atoms with Crippen molar-refractivity contribution in [1.82, 2.24) is 10.2 Å². The maximum Gasteiger partial charge on any atom is 0.251 e. The Labute approximate surface area is 157 Å². The predicted octanol–water partition coefficient (Wildman–Crippen LogP) is 4.34. The summed E-state index contributed by atoms with van der Waals surface area (Å²) in [6, 6.07) is 14.7. The lowest BCUT2D eigenvalue weighted by molar-refractivity contribution is 0.0951. The molecular weight excluding hydrogens is 320 g/mol. The maximum absolute atomic E-state index is 12.5. The van der Waals surface area contributed by atoms with E-state index in [1.165, 1.54) is 48.2 Å². The lowest BCUT2D eigenvalue weighted by Gasteiger charge is -2.15. The minimum Gasteiger partial charge on any atom is -0.348 e. The van der Waals surface area contributed by atoms with Gasteiger partial charge in [-0.15, -0.1) is 0 Å². The molecule has 1 amide bonds. The smallest absolute Gasteiger partial charge is 0.251 e. The zero-order valence-electron chi connectivity index (χ0n) is 16.1. The summed E-state index contributed by atoms with van der Waals surface area (Å²) in [6.07, 6.45) is 4.61. The quantitative estimate of drug-likeness (QED) is 0.806. The molecule has 1 fully saturated rings. The molecule has 2 aromatic rings. The van der Waals surface area contributed by atoms with Gasteiger partial charge in [-0.25, -0.2) is 0 Å². The van der Waals surface area contributed by atoms with Crippen molar-refractivity contribution >= 4 is 5.91 Å². The molecule has 0 spiro atoms. The van der Waals surface area contributed by atoms with E-state index < -0.39 is 0 Å². The van der Waals surface area contributed by atoms with Crippen molar-refractivity contribution in [3.05, 3.63) is 70.3 Å². The summed E-state index contributed by atoms with van der Waals surface area (Å²) in [7, 11) is 0. The summed E-state index contributed by atoms with van der Waals surface area (Å²) in [4.78, 5) is 15.0. The van der Waals surface area contributed by atoms with Crippen LogP contribution in [-0.4, -0.2) is 23.9 Å². The van der Waals surface area contributed by atoms with Crippen LogP contribution in [0.1, 0.15) is 59.3 Å². The molecule has 0 atom stereocenters. The topological polar surface area (TPSA) is 32.3 Å². The first kappa shape index (κ1) is 18.7. The summed E-state index contributed by atoms with van der Waals surface area (Å²) < 4.78 is 0. The van der Waals surface area contributed by atoms with Gasteiger partial charge in [0.1, 0.15) is 0 Å². The van der Waals surface area contributed by atoms with E-state index in [1.54, 1.807) is 0 Å². The van der Waals surface area contributed by atoms with Gasteiger partial charge in [-0.3, -0.25) is 9.69 Å². The van der Waals surface area contributed by atoms with E-state index in [-0.39, 0.29) is 5.91 Å². The number of amides is 1. The standard InChI is InChI=1S/C23H30N2O/c1-3-18-7-10-20(4-2)22(15-18)16-24-23(26)21-11-8-19(9-12-21)17-25-13-5-6-14-25/h7-12,15H,3-6,13-14,16-17H2,1-2H3,(H,24,26). The van der Waals surface area contributed by atoms with Crippen LogP contribution in [0.3, 0.4) is 0 Å². The largest absolute Gasteiger partial charge is 0.348 e. The molecule has 0 bridgehead atoms. The minimum absolute atomic E-state index is 0.00155. The van der Waals surface area contributed by atoms with E-state index >= 15 is 0 Å². The molecule has 3 nitrogen and oxygen atoms in total. The Morgan fingerprint density at radius 3 is 2.27 bits per heavy atom. The highest BCUT2D eigenvalue weighted by Crippen LogP contribution is 2.15. The second kappa shape index (κ2) is 9.00. The first-order valence-electron chi connectivity index (χ1n) is 9.89. The molecular formula is C23H30N2O. The SMILES string of the molecule is CCc1ccc(CC)c(CNC(=O)c2ccc(CN3CCCC3)cc2)c1. The monoisotopic (exact) mass is 350 g/mol. The van der Waals surface area contributed by atoms with Crippen molar-refractivity contribution in [3.8, 4) is 0 Å². The number of benzene rings is 2. The van der Waals surface area contributed by atoms with Crippen LogP contribution in [0.5, 0.6) is 0 Å². The summed E-state index contributed by atoms with van der Waals surface area (Å²) in [5.74, 6) is 0.00155. The third kappa shape index (κ3) is 4.73. The molecule has 138 valence electrons. The number of hydrogen-bond acceptors (Lipinski definition) is 2. The summed E-state index contributed by atoms with van der Waals surface area (Å²) >= 11 is 0. The molecule has 3 rings (SSSR count). The van der Waals surface area contributed by atoms with Gasteiger partial charge in [0.05, 0.1) is 0 Å². The third-order valence-corrected chi connectivity index (χ3v) is 5.32. The summed E-state index contributed by atoms with van der Waals surface area (Å²) in [6.45, 7) is 8.28. The third-order valence-electron chi connectivity index (χ3n) is 5.32. The van der Waals surface area contributed by atoms with Crippen LogP contribution in [-0.2, 0) is 25.9 Å². The molecule has 0 aromatic heterocycles. The molecule has 1 aliphatic heterocycles. The molecule has 1 aliphatic rings. The van der Waals surface area contributed by atoms with Gasteiger partial charge in [0.15, 0.2) is 0 Å². The number of likely N-dealkylation sites (tertiary alicyclic amines) is 1. The van der Waals surface area contributed by atoms with Crippen LogP contribution >= 0.6 is 0 Å². The van der Waals surface area contributed by atoms with Gasteiger partial charge >= 0.3 is 0 Å². The summed E-state index contributed by atoms with van der Waals surface area (Å²) in [5.41, 5.74) is 5.87. The van der Waals surface area contributed by atoms with Gasteiger partial charge < -0.3 is 5.32 Å². The normalized spacial score (nSPS) is 14.5. The first-order valence-corrected chi connectivity index (χ1v) is 9.89. The van der Waals surface area contributed by atoms with E-state index in [9.17, 15) is 4.79 Å². The van der Waals surface area contributed by atoms with E-state index in [0.717, 1.165) is 24.9 Å². The van der Waals surface area contributed by atoms with Crippen LogP contribution < -0.4 is 5.32 Å². The molecule has 26 heavy (non-hydrogen) atoms. The lowest BCUT2D eigenvalue weighted by atomic mass is 10.0. The van der Waals surface area contributed by atoms with Crippen molar-refractivity contribution in [3.63, 3.8) is 0 Å². The van der Waals surface area contributed by atoms with E-state index in [1.807, 2.05) is 12.1 Å². The zero-order chi connectivity index (χ0) is 18.4. The second-order valence-corrected chi connectivity index (χ2v) is 7.17. The molecule has 0 radical (unpaired) electrons. The highest BCUT2D eigenvalue weighted by Gasteiger charge is 2.12. The van der Waals surface area contributed by atoms with Crippen molar-refractivity contribution in [2.75, 3.05) is 13.1 Å². The second-order valence-electron chi connectivity index (χ2n) is 7.17. The van der Waals surface area contributed by atoms with Crippen molar-refractivity contribution < 1.29 is 4.79 Å². The highest BCUT2D eigenvalue weighted by molar-refractivity contribution is 5.94. The Balaban J connectivity index is 1.59. The van der Waals surface area contributed by atoms with E-state index in [2.05, 4.69) is 54.4 Å². The predicted molar refractivity (Wildman–Crippen MR) is 107 cm³/mol. The Morgan fingerprint density at radius 1 is 0.923 bits per heavy atom. The number of rotatable bonds is 7. The minimum atomic E-state index is 0.00155. The van der Waals surface area contributed by atoms with Gasteiger partial charge in [-0.1, -0.05) is 44.2 Å². The highest BCUT2D eigenvalue weighted by atomic mass is 16.1. The van der Waals surface area contributed by atoms with Crippen LogP contribution in [0.2, 0.25) is 0 Å². The number of carbonyl (C=O) groups excluding carboxylic acids is 1. The molecule has 3 heteroatoms. The average Bonchev–Trinajstić information content (AvgIpc) is 3.19. The van der Waals surface area contributed by atoms with Crippen LogP contribution in [0.15, 0.2) is 42.5 Å². The van der Waals surface area contributed by atoms with E-state index in [4.69, 9.17) is 0 Å². The zero-order valence-corrected chi connectivity index (χ0v) is 16.1. The van der Waals surface area contributed by atoms with Gasteiger partial charge in [0, 0.05) is 18.7 Å². The number of carbonyl (C=O) groups is 1. The fraction of sp³-hybridized carbons (Fsp3) is 0.435. The van der Waals surface area contributed by atoms with Gasteiger partial charge in [0.2, 0.25) is 0 Å². The number of hydrogen-bond donors (Lipinski definition) is 1. The number of nitrogens with zero attached hydrogens (tertiary/aromatic N) is 1. The Morgan fingerprint density at radius 2 is 1.62 bits per heavy atom. The molecule has 0 saturated carbocycles. The van der Waals surface area contributed by atoms with Gasteiger partial charge in [-0.2, -0.15) is 0 Å². The van der Waals surface area contributed by atoms with Crippen molar-refractivity contribution in [2.45, 2.75) is 52.6 Å².